The molecule has 1 aliphatic carbocycles. The molecule has 1 rings (SSSR count). The molecule has 1 saturated carbocycles. The van der Waals surface area contributed by atoms with Crippen molar-refractivity contribution in [3.05, 3.63) is 0 Å². The Morgan fingerprint density at radius 1 is 1.33 bits per heavy atom. The maximum atomic E-state index is 11.9. The highest BCUT2D eigenvalue weighted by atomic mass is 19.1. The van der Waals surface area contributed by atoms with Crippen molar-refractivity contribution in [2.24, 2.45) is 11.7 Å². The fourth-order valence-electron chi connectivity index (χ4n) is 0.901. The van der Waals surface area contributed by atoms with E-state index in [4.69, 9.17) is 5.73 Å². The second-order valence-corrected chi connectivity index (χ2v) is 2.74. The summed E-state index contributed by atoms with van der Waals surface area (Å²) in [5.41, 5.74) is 5.05. The zero-order valence-electron chi connectivity index (χ0n) is 5.24. The van der Waals surface area contributed by atoms with Crippen LogP contribution in [-0.2, 0) is 0 Å². The van der Waals surface area contributed by atoms with E-state index in [-0.39, 0.29) is 0 Å². The molecule has 1 nitrogen and oxygen atoms in total. The zero-order valence-corrected chi connectivity index (χ0v) is 5.24. The van der Waals surface area contributed by atoms with Crippen molar-refractivity contribution < 1.29 is 8.78 Å². The molecule has 0 aromatic heterocycles. The van der Waals surface area contributed by atoms with Gasteiger partial charge in [0.2, 0.25) is 0 Å². The van der Waals surface area contributed by atoms with Crippen molar-refractivity contribution in [3.63, 3.8) is 0 Å². The second kappa shape index (κ2) is 2.21. The van der Waals surface area contributed by atoms with Crippen LogP contribution in [0.2, 0.25) is 0 Å². The highest BCUT2D eigenvalue weighted by molar-refractivity contribution is 5.03. The first kappa shape index (κ1) is 6.93. The summed E-state index contributed by atoms with van der Waals surface area (Å²) in [5.74, 6) is -0.544. The molecule has 0 amide bonds. The van der Waals surface area contributed by atoms with Gasteiger partial charge in [0, 0.05) is 11.5 Å². The second-order valence-electron chi connectivity index (χ2n) is 2.74. The Bertz CT molecular complexity index is 97.2. The van der Waals surface area contributed by atoms with Crippen LogP contribution >= 0.6 is 0 Å². The summed E-state index contributed by atoms with van der Waals surface area (Å²) in [4.78, 5) is 0. The van der Waals surface area contributed by atoms with Gasteiger partial charge in [0.15, 0.2) is 0 Å². The topological polar surface area (TPSA) is 26.0 Å². The van der Waals surface area contributed by atoms with Crippen LogP contribution in [0, 0.1) is 5.92 Å². The summed E-state index contributed by atoms with van der Waals surface area (Å²) in [5, 5.41) is 0. The minimum absolute atomic E-state index is 0.483. The SMILES string of the molecule is NC1(C(CF)CF)CC1. The molecule has 0 heterocycles. The summed E-state index contributed by atoms with van der Waals surface area (Å²) in [7, 11) is 0. The fraction of sp³-hybridized carbons (Fsp3) is 1.00. The summed E-state index contributed by atoms with van der Waals surface area (Å²) >= 11 is 0. The zero-order chi connectivity index (χ0) is 6.91. The van der Waals surface area contributed by atoms with Gasteiger partial charge in [-0.05, 0) is 12.8 Å². The normalized spacial score (nSPS) is 22.7. The molecule has 0 spiro atoms. The van der Waals surface area contributed by atoms with E-state index >= 15 is 0 Å². The van der Waals surface area contributed by atoms with Crippen LogP contribution in [0.4, 0.5) is 8.78 Å². The van der Waals surface area contributed by atoms with E-state index in [1.165, 1.54) is 0 Å². The van der Waals surface area contributed by atoms with Crippen LogP contribution in [0.1, 0.15) is 12.8 Å². The van der Waals surface area contributed by atoms with Crippen LogP contribution in [0.3, 0.4) is 0 Å². The number of rotatable bonds is 3. The number of alkyl halides is 2. The van der Waals surface area contributed by atoms with Gasteiger partial charge in [-0.3, -0.25) is 8.78 Å². The molecule has 0 bridgehead atoms. The van der Waals surface area contributed by atoms with Crippen molar-refractivity contribution in [1.29, 1.82) is 0 Å². The van der Waals surface area contributed by atoms with Gasteiger partial charge in [0.05, 0.1) is 13.3 Å². The monoisotopic (exact) mass is 135 g/mol. The highest BCUT2D eigenvalue weighted by Crippen LogP contribution is 2.39. The molecule has 0 aromatic carbocycles. The number of hydrogen-bond donors (Lipinski definition) is 1. The van der Waals surface area contributed by atoms with Crippen LogP contribution in [0.25, 0.3) is 0 Å². The van der Waals surface area contributed by atoms with Crippen molar-refractivity contribution in [2.75, 3.05) is 13.3 Å². The van der Waals surface area contributed by atoms with E-state index in [9.17, 15) is 8.78 Å². The van der Waals surface area contributed by atoms with Crippen molar-refractivity contribution in [3.8, 4) is 0 Å². The molecule has 0 atom stereocenters. The molecule has 1 fully saturated rings. The molecule has 0 aliphatic heterocycles. The van der Waals surface area contributed by atoms with E-state index in [0.717, 1.165) is 12.8 Å². The Morgan fingerprint density at radius 2 is 1.78 bits per heavy atom. The first-order valence-corrected chi connectivity index (χ1v) is 3.14. The molecule has 9 heavy (non-hydrogen) atoms. The average Bonchev–Trinajstić information content (AvgIpc) is 2.52. The van der Waals surface area contributed by atoms with Crippen LogP contribution in [0.15, 0.2) is 0 Å². The number of nitrogens with two attached hydrogens (primary N) is 1. The predicted octanol–water partition coefficient (Wildman–Crippen LogP) is 1.03. The third-order valence-electron chi connectivity index (χ3n) is 2.01. The lowest BCUT2D eigenvalue weighted by atomic mass is 10.0. The van der Waals surface area contributed by atoms with Crippen LogP contribution in [-0.4, -0.2) is 18.9 Å². The summed E-state index contributed by atoms with van der Waals surface area (Å²) in [6.07, 6.45) is 1.57. The fourth-order valence-corrected chi connectivity index (χ4v) is 0.901. The van der Waals surface area contributed by atoms with E-state index in [1.807, 2.05) is 0 Å². The van der Waals surface area contributed by atoms with Crippen molar-refractivity contribution in [1.82, 2.24) is 0 Å². The van der Waals surface area contributed by atoms with Gasteiger partial charge >= 0.3 is 0 Å². The third-order valence-corrected chi connectivity index (χ3v) is 2.01. The van der Waals surface area contributed by atoms with Gasteiger partial charge in [-0.1, -0.05) is 0 Å². The van der Waals surface area contributed by atoms with E-state index in [1.54, 1.807) is 0 Å². The van der Waals surface area contributed by atoms with Gasteiger partial charge < -0.3 is 5.73 Å². The lowest BCUT2D eigenvalue weighted by Gasteiger charge is -2.15. The van der Waals surface area contributed by atoms with Crippen molar-refractivity contribution in [2.45, 2.75) is 18.4 Å². The molecule has 3 heteroatoms. The van der Waals surface area contributed by atoms with Crippen LogP contribution in [0.5, 0.6) is 0 Å². The summed E-state index contributed by atoms with van der Waals surface area (Å²) in [6.45, 7) is -1.24. The van der Waals surface area contributed by atoms with Crippen molar-refractivity contribution >= 4 is 0 Å². The minimum atomic E-state index is -0.618. The molecular formula is C6H11F2N. The molecule has 0 unspecified atom stereocenters. The maximum absolute atomic E-state index is 11.9. The molecule has 54 valence electrons. The van der Waals surface area contributed by atoms with Gasteiger partial charge in [-0.2, -0.15) is 0 Å². The Labute approximate surface area is 53.2 Å². The minimum Gasteiger partial charge on any atom is -0.325 e. The number of halogens is 2. The Balaban J connectivity index is 2.37. The molecule has 2 N–H and O–H groups in total. The molecule has 0 aromatic rings. The summed E-state index contributed by atoms with van der Waals surface area (Å²) in [6, 6.07) is 0. The maximum Gasteiger partial charge on any atom is 0.0965 e. The number of hydrogen-bond acceptors (Lipinski definition) is 1. The van der Waals surface area contributed by atoms with Gasteiger partial charge in [0.1, 0.15) is 0 Å². The molecule has 0 radical (unpaired) electrons. The first-order chi connectivity index (χ1) is 4.23. The van der Waals surface area contributed by atoms with E-state index < -0.39 is 24.8 Å². The molecule has 0 saturated heterocycles. The lowest BCUT2D eigenvalue weighted by molar-refractivity contribution is 0.241. The Kier molecular flexibility index (Phi) is 1.70. The van der Waals surface area contributed by atoms with E-state index in [0.29, 0.717) is 0 Å². The smallest absolute Gasteiger partial charge is 0.0965 e. The highest BCUT2D eigenvalue weighted by Gasteiger charge is 2.45. The standard InChI is InChI=1S/C6H11F2N/c7-3-5(4-8)6(9)1-2-6/h5H,1-4,9H2. The molecular weight excluding hydrogens is 124 g/mol. The van der Waals surface area contributed by atoms with Gasteiger partial charge in [-0.25, -0.2) is 0 Å². The average molecular weight is 135 g/mol. The Morgan fingerprint density at radius 3 is 1.89 bits per heavy atom. The third kappa shape index (κ3) is 1.21. The lowest BCUT2D eigenvalue weighted by Crippen LogP contribution is -2.35. The summed E-state index contributed by atoms with van der Waals surface area (Å²) < 4.78 is 23.7. The molecule has 1 aliphatic rings. The predicted molar refractivity (Wildman–Crippen MR) is 31.6 cm³/mol. The largest absolute Gasteiger partial charge is 0.325 e. The quantitative estimate of drug-likeness (QED) is 0.614. The first-order valence-electron chi connectivity index (χ1n) is 3.14. The van der Waals surface area contributed by atoms with Gasteiger partial charge in [0.25, 0.3) is 0 Å². The van der Waals surface area contributed by atoms with E-state index in [2.05, 4.69) is 0 Å². The van der Waals surface area contributed by atoms with Crippen LogP contribution < -0.4 is 5.73 Å². The van der Waals surface area contributed by atoms with Gasteiger partial charge in [-0.15, -0.1) is 0 Å². The Hall–Kier alpha value is -0.180.